The number of benzene rings is 1. The Morgan fingerprint density at radius 3 is 2.18 bits per heavy atom. The Hall–Kier alpha value is -0.960. The van der Waals surface area contributed by atoms with E-state index in [2.05, 4.69) is 5.32 Å². The number of nitrogens with one attached hydrogen (secondary N) is 1. The molecule has 0 aromatic heterocycles. The Morgan fingerprint density at radius 2 is 1.65 bits per heavy atom. The maximum absolute atomic E-state index is 13.9. The molecule has 0 spiro atoms. The number of hydrogen-bond donors (Lipinski definition) is 1. The molecule has 2 unspecified atom stereocenters. The highest BCUT2D eigenvalue weighted by Gasteiger charge is 2.22. The zero-order chi connectivity index (χ0) is 13.2. The molecule has 1 aromatic carbocycles. The van der Waals surface area contributed by atoms with E-state index in [1.165, 1.54) is 12.1 Å². The molecule has 2 atom stereocenters. The molecule has 0 saturated carbocycles. The summed E-state index contributed by atoms with van der Waals surface area (Å²) < 4.78 is 27.7. The van der Waals surface area contributed by atoms with Gasteiger partial charge in [-0.3, -0.25) is 0 Å². The van der Waals surface area contributed by atoms with Crippen LogP contribution in [0.25, 0.3) is 0 Å². The van der Waals surface area contributed by atoms with Gasteiger partial charge in [-0.05, 0) is 25.5 Å². The zero-order valence-corrected chi connectivity index (χ0v) is 11.1. The Morgan fingerprint density at radius 1 is 1.06 bits per heavy atom. The monoisotopic (exact) mass is 241 g/mol. The predicted octanol–water partition coefficient (Wildman–Crippen LogP) is 3.76. The van der Waals surface area contributed by atoms with Gasteiger partial charge >= 0.3 is 0 Å². The van der Waals surface area contributed by atoms with Crippen molar-refractivity contribution in [3.05, 3.63) is 34.9 Å². The second kappa shape index (κ2) is 5.58. The molecule has 1 aromatic rings. The average molecular weight is 241 g/mol. The van der Waals surface area contributed by atoms with Gasteiger partial charge < -0.3 is 5.32 Å². The van der Waals surface area contributed by atoms with Crippen molar-refractivity contribution in [1.82, 2.24) is 5.32 Å². The highest BCUT2D eigenvalue weighted by Crippen LogP contribution is 2.27. The molecule has 0 saturated heterocycles. The molecule has 3 heteroatoms. The molecular formula is C14H21F2N. The molecule has 1 rings (SSSR count). The van der Waals surface area contributed by atoms with Crippen molar-refractivity contribution in [3.8, 4) is 0 Å². The summed E-state index contributed by atoms with van der Waals surface area (Å²) in [6.07, 6.45) is 0. The van der Waals surface area contributed by atoms with Crippen LogP contribution in [0.4, 0.5) is 8.78 Å². The minimum absolute atomic E-state index is 0.0285. The number of hydrogen-bond acceptors (Lipinski definition) is 1. The van der Waals surface area contributed by atoms with Gasteiger partial charge in [0.15, 0.2) is 0 Å². The van der Waals surface area contributed by atoms with E-state index in [0.717, 1.165) is 0 Å². The van der Waals surface area contributed by atoms with E-state index in [-0.39, 0.29) is 17.5 Å². The molecule has 96 valence electrons. The number of aryl methyl sites for hydroxylation is 1. The van der Waals surface area contributed by atoms with Gasteiger partial charge in [-0.2, -0.15) is 0 Å². The van der Waals surface area contributed by atoms with Crippen molar-refractivity contribution < 1.29 is 8.78 Å². The summed E-state index contributed by atoms with van der Waals surface area (Å²) in [5, 5.41) is 3.28. The largest absolute Gasteiger partial charge is 0.311 e. The quantitative estimate of drug-likeness (QED) is 0.846. The Bertz CT molecular complexity index is 388. The van der Waals surface area contributed by atoms with Crippen molar-refractivity contribution in [2.24, 2.45) is 0 Å². The second-order valence-electron chi connectivity index (χ2n) is 4.99. The van der Waals surface area contributed by atoms with Crippen LogP contribution in [0.2, 0.25) is 0 Å². The van der Waals surface area contributed by atoms with Crippen LogP contribution in [0.1, 0.15) is 44.7 Å². The zero-order valence-electron chi connectivity index (χ0n) is 11.1. The molecule has 0 heterocycles. The van der Waals surface area contributed by atoms with Crippen LogP contribution >= 0.6 is 0 Å². The third-order valence-corrected chi connectivity index (χ3v) is 3.12. The molecule has 1 N–H and O–H groups in total. The predicted molar refractivity (Wildman–Crippen MR) is 67.2 cm³/mol. The van der Waals surface area contributed by atoms with E-state index in [1.807, 2.05) is 27.7 Å². The Balaban J connectivity index is 3.03. The summed E-state index contributed by atoms with van der Waals surface area (Å²) in [6.45, 7) is 9.50. The fraction of sp³-hybridized carbons (Fsp3) is 0.571. The summed E-state index contributed by atoms with van der Waals surface area (Å²) in [6, 6.07) is 3.14. The first-order valence-electron chi connectivity index (χ1n) is 6.05. The molecule has 0 aliphatic carbocycles. The molecule has 0 amide bonds. The highest BCUT2D eigenvalue weighted by molar-refractivity contribution is 5.30. The van der Waals surface area contributed by atoms with Crippen molar-refractivity contribution in [3.63, 3.8) is 0 Å². The minimum atomic E-state index is -0.460. The van der Waals surface area contributed by atoms with E-state index in [9.17, 15) is 8.78 Å². The third-order valence-electron chi connectivity index (χ3n) is 3.12. The van der Waals surface area contributed by atoms with E-state index in [4.69, 9.17) is 0 Å². The van der Waals surface area contributed by atoms with Gasteiger partial charge in [0, 0.05) is 23.6 Å². The topological polar surface area (TPSA) is 12.0 Å². The van der Waals surface area contributed by atoms with Crippen LogP contribution in [-0.2, 0) is 0 Å². The maximum atomic E-state index is 13.9. The first-order chi connectivity index (χ1) is 7.84. The van der Waals surface area contributed by atoms with E-state index in [0.29, 0.717) is 11.6 Å². The first kappa shape index (κ1) is 14.1. The fourth-order valence-electron chi connectivity index (χ4n) is 2.02. The van der Waals surface area contributed by atoms with E-state index in [1.54, 1.807) is 6.92 Å². The van der Waals surface area contributed by atoms with Gasteiger partial charge in [-0.1, -0.05) is 26.8 Å². The molecule has 17 heavy (non-hydrogen) atoms. The summed E-state index contributed by atoms with van der Waals surface area (Å²) in [4.78, 5) is 0. The van der Waals surface area contributed by atoms with Crippen LogP contribution in [0, 0.1) is 18.6 Å². The van der Waals surface area contributed by atoms with Gasteiger partial charge in [-0.25, -0.2) is 8.78 Å². The molecule has 1 nitrogen and oxygen atoms in total. The van der Waals surface area contributed by atoms with Gasteiger partial charge in [0.1, 0.15) is 11.6 Å². The highest BCUT2D eigenvalue weighted by atomic mass is 19.1. The fourth-order valence-corrected chi connectivity index (χ4v) is 2.02. The van der Waals surface area contributed by atoms with Crippen LogP contribution in [0.15, 0.2) is 12.1 Å². The van der Waals surface area contributed by atoms with Crippen LogP contribution < -0.4 is 5.32 Å². The molecule has 0 bridgehead atoms. The third kappa shape index (κ3) is 3.25. The van der Waals surface area contributed by atoms with Crippen molar-refractivity contribution in [1.29, 1.82) is 0 Å². The smallest absolute Gasteiger partial charge is 0.132 e. The van der Waals surface area contributed by atoms with Crippen LogP contribution in [0.3, 0.4) is 0 Å². The van der Waals surface area contributed by atoms with Crippen molar-refractivity contribution in [2.75, 3.05) is 0 Å². The lowest BCUT2D eigenvalue weighted by Crippen LogP contribution is -2.36. The van der Waals surface area contributed by atoms with Gasteiger partial charge in [0.05, 0.1) is 0 Å². The molecular weight excluding hydrogens is 220 g/mol. The standard InChI is InChI=1S/C14H21F2N/c1-8(2)17-11(5)10(4)13-12(15)7-6-9(3)14(13)16/h6-8,10-11,17H,1-5H3. The van der Waals surface area contributed by atoms with Crippen molar-refractivity contribution >= 4 is 0 Å². The maximum Gasteiger partial charge on any atom is 0.132 e. The summed E-state index contributed by atoms with van der Waals surface area (Å²) in [5.41, 5.74) is 0.677. The molecule has 0 radical (unpaired) electrons. The Labute approximate surface area is 102 Å². The Kier molecular flexibility index (Phi) is 4.63. The van der Waals surface area contributed by atoms with Crippen LogP contribution in [0.5, 0.6) is 0 Å². The average Bonchev–Trinajstić information content (AvgIpc) is 2.23. The summed E-state index contributed by atoms with van der Waals surface area (Å²) >= 11 is 0. The lowest BCUT2D eigenvalue weighted by Gasteiger charge is -2.25. The normalized spacial score (nSPS) is 15.1. The second-order valence-corrected chi connectivity index (χ2v) is 4.99. The van der Waals surface area contributed by atoms with Gasteiger partial charge in [0.2, 0.25) is 0 Å². The van der Waals surface area contributed by atoms with Gasteiger partial charge in [-0.15, -0.1) is 0 Å². The number of rotatable bonds is 4. The molecule has 0 aliphatic rings. The number of halogens is 2. The minimum Gasteiger partial charge on any atom is -0.311 e. The lowest BCUT2D eigenvalue weighted by molar-refractivity contribution is 0.415. The van der Waals surface area contributed by atoms with E-state index >= 15 is 0 Å². The van der Waals surface area contributed by atoms with Gasteiger partial charge in [0.25, 0.3) is 0 Å². The molecule has 0 aliphatic heterocycles. The lowest BCUT2D eigenvalue weighted by atomic mass is 9.91. The summed E-state index contributed by atoms with van der Waals surface area (Å²) in [7, 11) is 0. The van der Waals surface area contributed by atoms with E-state index < -0.39 is 11.6 Å². The van der Waals surface area contributed by atoms with Crippen LogP contribution in [-0.4, -0.2) is 12.1 Å². The first-order valence-corrected chi connectivity index (χ1v) is 6.05. The SMILES string of the molecule is Cc1ccc(F)c(C(C)C(C)NC(C)C)c1F. The molecule has 0 fully saturated rings. The summed E-state index contributed by atoms with van der Waals surface area (Å²) in [5.74, 6) is -1.08. The van der Waals surface area contributed by atoms with Crippen molar-refractivity contribution in [2.45, 2.75) is 52.6 Å².